The second-order valence-electron chi connectivity index (χ2n) is 5.28. The summed E-state index contributed by atoms with van der Waals surface area (Å²) in [5, 5.41) is 16.9. The van der Waals surface area contributed by atoms with Crippen LogP contribution in [0, 0.1) is 5.92 Å². The molecule has 6 heteroatoms. The van der Waals surface area contributed by atoms with Gasteiger partial charge in [-0.1, -0.05) is 32.0 Å². The largest absolute Gasteiger partial charge is 0.394 e. The average molecular weight is 293 g/mol. The highest BCUT2D eigenvalue weighted by atomic mass is 16.3. The Morgan fingerprint density at radius 2 is 1.71 bits per heavy atom. The van der Waals surface area contributed by atoms with Crippen LogP contribution in [0.25, 0.3) is 0 Å². The topological polar surface area (TPSA) is 90.5 Å². The highest BCUT2D eigenvalue weighted by Crippen LogP contribution is 2.06. The van der Waals surface area contributed by atoms with Crippen LogP contribution < -0.4 is 16.0 Å². The third kappa shape index (κ3) is 5.83. The molecule has 0 saturated heterocycles. The summed E-state index contributed by atoms with van der Waals surface area (Å²) in [7, 11) is 0. The van der Waals surface area contributed by atoms with E-state index >= 15 is 0 Å². The van der Waals surface area contributed by atoms with Gasteiger partial charge in [0.05, 0.1) is 6.61 Å². The number of hydrogen-bond acceptors (Lipinski definition) is 3. The number of amides is 3. The molecule has 0 fully saturated rings. The minimum Gasteiger partial charge on any atom is -0.394 e. The van der Waals surface area contributed by atoms with Gasteiger partial charge in [-0.25, -0.2) is 4.79 Å². The van der Waals surface area contributed by atoms with Gasteiger partial charge in [-0.05, 0) is 25.0 Å². The summed E-state index contributed by atoms with van der Waals surface area (Å²) in [5.41, 5.74) is 0.654. The van der Waals surface area contributed by atoms with E-state index in [-0.39, 0.29) is 24.5 Å². The van der Waals surface area contributed by atoms with Crippen LogP contribution >= 0.6 is 0 Å². The fourth-order valence-corrected chi connectivity index (χ4v) is 1.74. The molecule has 1 aromatic rings. The number of para-hydroxylation sites is 1. The van der Waals surface area contributed by atoms with E-state index in [2.05, 4.69) is 16.0 Å². The zero-order chi connectivity index (χ0) is 15.8. The van der Waals surface area contributed by atoms with Crippen molar-refractivity contribution in [3.63, 3.8) is 0 Å². The molecule has 0 aliphatic rings. The number of hydrogen-bond donors (Lipinski definition) is 4. The fraction of sp³-hybridized carbons (Fsp3) is 0.467. The zero-order valence-electron chi connectivity index (χ0n) is 12.6. The predicted octanol–water partition coefficient (Wildman–Crippen LogP) is 1.33. The van der Waals surface area contributed by atoms with Crippen LogP contribution in [-0.2, 0) is 4.79 Å². The first kappa shape index (κ1) is 17.0. The number of rotatable bonds is 6. The highest BCUT2D eigenvalue weighted by molar-refractivity contribution is 5.93. The molecule has 1 aromatic carbocycles. The molecule has 2 unspecified atom stereocenters. The van der Waals surface area contributed by atoms with E-state index in [9.17, 15) is 9.59 Å². The van der Waals surface area contributed by atoms with Crippen molar-refractivity contribution in [2.45, 2.75) is 32.9 Å². The van der Waals surface area contributed by atoms with Crippen molar-refractivity contribution in [3.8, 4) is 0 Å². The maximum atomic E-state index is 12.1. The van der Waals surface area contributed by atoms with Crippen molar-refractivity contribution in [1.82, 2.24) is 10.6 Å². The Bertz CT molecular complexity index is 462. The van der Waals surface area contributed by atoms with Gasteiger partial charge in [0.1, 0.15) is 6.04 Å². The lowest BCUT2D eigenvalue weighted by Crippen LogP contribution is -2.53. The molecular formula is C15H23N3O3. The number of aliphatic hydroxyl groups excluding tert-OH is 1. The predicted molar refractivity (Wildman–Crippen MR) is 81.9 cm³/mol. The Morgan fingerprint density at radius 1 is 1.10 bits per heavy atom. The SMILES string of the molecule is CC(CO)NC(=O)C(NC(=O)Nc1ccccc1)C(C)C. The summed E-state index contributed by atoms with van der Waals surface area (Å²) in [6.45, 7) is 5.24. The van der Waals surface area contributed by atoms with Crippen molar-refractivity contribution in [3.05, 3.63) is 30.3 Å². The van der Waals surface area contributed by atoms with E-state index in [1.54, 1.807) is 19.1 Å². The van der Waals surface area contributed by atoms with E-state index in [0.717, 1.165) is 0 Å². The van der Waals surface area contributed by atoms with Crippen molar-refractivity contribution in [2.75, 3.05) is 11.9 Å². The first-order chi connectivity index (χ1) is 9.93. The second-order valence-corrected chi connectivity index (χ2v) is 5.28. The van der Waals surface area contributed by atoms with Gasteiger partial charge in [-0.3, -0.25) is 4.79 Å². The van der Waals surface area contributed by atoms with E-state index in [4.69, 9.17) is 5.11 Å². The number of carbonyl (C=O) groups excluding carboxylic acids is 2. The molecule has 0 spiro atoms. The molecule has 21 heavy (non-hydrogen) atoms. The van der Waals surface area contributed by atoms with Crippen LogP contribution in [0.4, 0.5) is 10.5 Å². The zero-order valence-corrected chi connectivity index (χ0v) is 12.6. The van der Waals surface area contributed by atoms with E-state index in [1.165, 1.54) is 0 Å². The Balaban J connectivity index is 2.61. The molecule has 3 amide bonds. The maximum Gasteiger partial charge on any atom is 0.319 e. The van der Waals surface area contributed by atoms with Crippen molar-refractivity contribution in [2.24, 2.45) is 5.92 Å². The maximum absolute atomic E-state index is 12.1. The van der Waals surface area contributed by atoms with Gasteiger partial charge in [0, 0.05) is 11.7 Å². The van der Waals surface area contributed by atoms with Crippen LogP contribution in [0.1, 0.15) is 20.8 Å². The van der Waals surface area contributed by atoms with Gasteiger partial charge >= 0.3 is 6.03 Å². The minimum atomic E-state index is -0.664. The number of benzene rings is 1. The van der Waals surface area contributed by atoms with Gasteiger partial charge in [0.2, 0.25) is 5.91 Å². The summed E-state index contributed by atoms with van der Waals surface area (Å²) in [4.78, 5) is 24.0. The summed E-state index contributed by atoms with van der Waals surface area (Å²) >= 11 is 0. The third-order valence-electron chi connectivity index (χ3n) is 2.93. The highest BCUT2D eigenvalue weighted by Gasteiger charge is 2.25. The Labute approximate surface area is 124 Å². The molecule has 1 rings (SSSR count). The lowest BCUT2D eigenvalue weighted by atomic mass is 10.0. The van der Waals surface area contributed by atoms with E-state index in [0.29, 0.717) is 5.69 Å². The Kier molecular flexibility index (Phi) is 6.68. The minimum absolute atomic E-state index is 0.0718. The molecule has 0 bridgehead atoms. The number of carbonyl (C=O) groups is 2. The molecule has 0 saturated carbocycles. The van der Waals surface area contributed by atoms with Crippen LogP contribution in [0.15, 0.2) is 30.3 Å². The summed E-state index contributed by atoms with van der Waals surface area (Å²) < 4.78 is 0. The summed E-state index contributed by atoms with van der Waals surface area (Å²) in [6.07, 6.45) is 0. The average Bonchev–Trinajstić information content (AvgIpc) is 2.45. The second kappa shape index (κ2) is 8.26. The number of nitrogens with one attached hydrogen (secondary N) is 3. The Morgan fingerprint density at radius 3 is 2.24 bits per heavy atom. The van der Waals surface area contributed by atoms with Gasteiger partial charge < -0.3 is 21.1 Å². The monoisotopic (exact) mass is 293 g/mol. The van der Waals surface area contributed by atoms with Gasteiger partial charge in [0.25, 0.3) is 0 Å². The van der Waals surface area contributed by atoms with Crippen LogP contribution in [0.5, 0.6) is 0 Å². The number of aliphatic hydroxyl groups is 1. The summed E-state index contributed by atoms with van der Waals surface area (Å²) in [6, 6.07) is 7.54. The van der Waals surface area contributed by atoms with Crippen LogP contribution in [0.2, 0.25) is 0 Å². The quantitative estimate of drug-likeness (QED) is 0.638. The molecular weight excluding hydrogens is 270 g/mol. The first-order valence-electron chi connectivity index (χ1n) is 6.97. The number of anilines is 1. The van der Waals surface area contributed by atoms with Gasteiger partial charge in [-0.2, -0.15) is 0 Å². The molecule has 6 nitrogen and oxygen atoms in total. The molecule has 116 valence electrons. The molecule has 2 atom stereocenters. The van der Waals surface area contributed by atoms with Crippen molar-refractivity contribution < 1.29 is 14.7 Å². The molecule has 4 N–H and O–H groups in total. The van der Waals surface area contributed by atoms with E-state index in [1.807, 2.05) is 32.0 Å². The first-order valence-corrected chi connectivity index (χ1v) is 6.97. The van der Waals surface area contributed by atoms with Crippen molar-refractivity contribution >= 4 is 17.6 Å². The Hall–Kier alpha value is -2.08. The van der Waals surface area contributed by atoms with Crippen LogP contribution in [-0.4, -0.2) is 35.7 Å². The molecule has 0 aromatic heterocycles. The third-order valence-corrected chi connectivity index (χ3v) is 2.93. The lowest BCUT2D eigenvalue weighted by Gasteiger charge is -2.23. The molecule has 0 heterocycles. The lowest BCUT2D eigenvalue weighted by molar-refractivity contribution is -0.124. The molecule has 0 aliphatic heterocycles. The van der Waals surface area contributed by atoms with Crippen molar-refractivity contribution in [1.29, 1.82) is 0 Å². The fourth-order valence-electron chi connectivity index (χ4n) is 1.74. The van der Waals surface area contributed by atoms with Crippen LogP contribution in [0.3, 0.4) is 0 Å². The summed E-state index contributed by atoms with van der Waals surface area (Å²) in [5.74, 6) is -0.382. The van der Waals surface area contributed by atoms with Gasteiger partial charge in [0.15, 0.2) is 0 Å². The van der Waals surface area contributed by atoms with E-state index < -0.39 is 12.1 Å². The smallest absolute Gasteiger partial charge is 0.319 e. The molecule has 0 radical (unpaired) electrons. The number of urea groups is 1. The van der Waals surface area contributed by atoms with Gasteiger partial charge in [-0.15, -0.1) is 0 Å². The standard InChI is InChI=1S/C15H23N3O3/c1-10(2)13(14(20)16-11(3)9-19)18-15(21)17-12-7-5-4-6-8-12/h4-8,10-11,13,19H,9H2,1-3H3,(H,16,20)(H2,17,18,21). The normalized spacial score (nSPS) is 13.4. The molecule has 0 aliphatic carbocycles.